The molecule has 0 aromatic heterocycles. The van der Waals surface area contributed by atoms with Crippen LogP contribution in [0, 0.1) is 0 Å². The Hall–Kier alpha value is -2.04. The van der Waals surface area contributed by atoms with Crippen LogP contribution in [0.3, 0.4) is 0 Å². The monoisotopic (exact) mass is 348 g/mol. The van der Waals surface area contributed by atoms with Crippen LogP contribution in [0.2, 0.25) is 10.0 Å². The zero-order chi connectivity index (χ0) is 16.4. The molecule has 2 aromatic carbocycles. The van der Waals surface area contributed by atoms with E-state index in [0.29, 0.717) is 28.7 Å². The topological polar surface area (TPSA) is 49.4 Å². The molecule has 0 bridgehead atoms. The molecular weight excluding hydrogens is 335 g/mol. The Morgan fingerprint density at radius 2 is 1.83 bits per heavy atom. The highest BCUT2D eigenvalue weighted by molar-refractivity contribution is 6.31. The van der Waals surface area contributed by atoms with Gasteiger partial charge in [-0.25, -0.2) is 0 Å². The molecule has 1 unspecified atom stereocenters. The number of halogens is 2. The van der Waals surface area contributed by atoms with Crippen molar-refractivity contribution in [3.63, 3.8) is 0 Å². The lowest BCUT2D eigenvalue weighted by atomic mass is 10.0. The zero-order valence-electron chi connectivity index (χ0n) is 12.1. The van der Waals surface area contributed by atoms with E-state index in [1.54, 1.807) is 53.4 Å². The molecule has 1 heterocycles. The van der Waals surface area contributed by atoms with Crippen molar-refractivity contribution >= 4 is 35.0 Å². The van der Waals surface area contributed by atoms with Gasteiger partial charge in [-0.2, -0.15) is 0 Å². The summed E-state index contributed by atoms with van der Waals surface area (Å²) in [4.78, 5) is 26.7. The maximum Gasteiger partial charge on any atom is 0.254 e. The van der Waals surface area contributed by atoms with Crippen molar-refractivity contribution in [1.29, 1.82) is 0 Å². The average Bonchev–Trinajstić information content (AvgIpc) is 2.55. The minimum absolute atomic E-state index is 0.200. The number of rotatable bonds is 2. The molecule has 1 atom stereocenters. The van der Waals surface area contributed by atoms with Gasteiger partial charge in [0.25, 0.3) is 5.91 Å². The fraction of sp³-hybridized carbons (Fsp3) is 0.176. The molecule has 3 rings (SSSR count). The van der Waals surface area contributed by atoms with Crippen LogP contribution >= 0.6 is 23.2 Å². The van der Waals surface area contributed by atoms with E-state index in [1.807, 2.05) is 0 Å². The minimum Gasteiger partial charge on any atom is -0.352 e. The smallest absolute Gasteiger partial charge is 0.254 e. The van der Waals surface area contributed by atoms with Gasteiger partial charge in [-0.3, -0.25) is 9.59 Å². The normalized spacial score (nSPS) is 17.7. The molecule has 1 saturated heterocycles. The summed E-state index contributed by atoms with van der Waals surface area (Å²) >= 11 is 11.9. The summed E-state index contributed by atoms with van der Waals surface area (Å²) in [6.45, 7) is 0.861. The molecule has 2 amide bonds. The SMILES string of the molecule is O=C1NCCN(C(=O)c2cccc(Cl)c2)C1c1ccc(Cl)cc1. The Kier molecular flexibility index (Phi) is 4.55. The molecule has 1 N–H and O–H groups in total. The second-order valence-electron chi connectivity index (χ2n) is 5.25. The highest BCUT2D eigenvalue weighted by Crippen LogP contribution is 2.27. The van der Waals surface area contributed by atoms with E-state index >= 15 is 0 Å². The summed E-state index contributed by atoms with van der Waals surface area (Å²) in [5.41, 5.74) is 1.19. The number of nitrogens with one attached hydrogen (secondary N) is 1. The molecule has 1 aliphatic rings. The number of carbonyl (C=O) groups is 2. The first-order valence-electron chi connectivity index (χ1n) is 7.16. The van der Waals surface area contributed by atoms with Gasteiger partial charge in [0.1, 0.15) is 6.04 Å². The Bertz CT molecular complexity index is 747. The average molecular weight is 349 g/mol. The second-order valence-corrected chi connectivity index (χ2v) is 6.13. The highest BCUT2D eigenvalue weighted by Gasteiger charge is 2.34. The van der Waals surface area contributed by atoms with Gasteiger partial charge in [0.15, 0.2) is 0 Å². The van der Waals surface area contributed by atoms with Crippen LogP contribution in [-0.2, 0) is 4.79 Å². The third kappa shape index (κ3) is 3.33. The Labute approximate surface area is 144 Å². The maximum absolute atomic E-state index is 12.8. The van der Waals surface area contributed by atoms with Crippen molar-refractivity contribution in [2.75, 3.05) is 13.1 Å². The molecule has 23 heavy (non-hydrogen) atoms. The largest absolute Gasteiger partial charge is 0.352 e. The van der Waals surface area contributed by atoms with E-state index in [2.05, 4.69) is 5.32 Å². The number of nitrogens with zero attached hydrogens (tertiary/aromatic N) is 1. The third-order valence-corrected chi connectivity index (χ3v) is 4.22. The molecule has 1 fully saturated rings. The van der Waals surface area contributed by atoms with Gasteiger partial charge in [0.05, 0.1) is 0 Å². The van der Waals surface area contributed by atoms with Gasteiger partial charge in [0, 0.05) is 28.7 Å². The van der Waals surface area contributed by atoms with Gasteiger partial charge in [-0.15, -0.1) is 0 Å². The van der Waals surface area contributed by atoms with E-state index in [0.717, 1.165) is 5.56 Å². The lowest BCUT2D eigenvalue weighted by Gasteiger charge is -2.35. The summed E-state index contributed by atoms with van der Waals surface area (Å²) in [5.74, 6) is -0.420. The predicted octanol–water partition coefficient (Wildman–Crippen LogP) is 3.31. The summed E-state index contributed by atoms with van der Waals surface area (Å²) in [5, 5.41) is 3.87. The van der Waals surface area contributed by atoms with Crippen LogP contribution in [0.15, 0.2) is 48.5 Å². The lowest BCUT2D eigenvalue weighted by molar-refractivity contribution is -0.128. The van der Waals surface area contributed by atoms with Crippen LogP contribution < -0.4 is 5.32 Å². The number of piperazine rings is 1. The summed E-state index contributed by atoms with van der Waals surface area (Å²) in [7, 11) is 0. The quantitative estimate of drug-likeness (QED) is 0.904. The van der Waals surface area contributed by atoms with Gasteiger partial charge in [0.2, 0.25) is 5.91 Å². The van der Waals surface area contributed by atoms with Crippen LogP contribution in [0.1, 0.15) is 22.0 Å². The van der Waals surface area contributed by atoms with Crippen LogP contribution in [0.5, 0.6) is 0 Å². The molecule has 2 aromatic rings. The van der Waals surface area contributed by atoms with Crippen molar-refractivity contribution in [1.82, 2.24) is 10.2 Å². The fourth-order valence-electron chi connectivity index (χ4n) is 2.65. The first kappa shape index (κ1) is 15.8. The Morgan fingerprint density at radius 1 is 1.09 bits per heavy atom. The van der Waals surface area contributed by atoms with E-state index < -0.39 is 6.04 Å². The number of benzene rings is 2. The maximum atomic E-state index is 12.8. The standard InChI is InChI=1S/C17H14Cl2N2O2/c18-13-6-4-11(5-7-13)15-16(22)20-8-9-21(15)17(23)12-2-1-3-14(19)10-12/h1-7,10,15H,8-9H2,(H,20,22). The van der Waals surface area contributed by atoms with E-state index in [-0.39, 0.29) is 11.8 Å². The van der Waals surface area contributed by atoms with Gasteiger partial charge in [-0.05, 0) is 35.9 Å². The fourth-order valence-corrected chi connectivity index (χ4v) is 2.97. The molecule has 0 aliphatic carbocycles. The van der Waals surface area contributed by atoms with Crippen LogP contribution in [-0.4, -0.2) is 29.8 Å². The summed E-state index contributed by atoms with van der Waals surface area (Å²) in [6.07, 6.45) is 0. The van der Waals surface area contributed by atoms with Crippen molar-refractivity contribution < 1.29 is 9.59 Å². The highest BCUT2D eigenvalue weighted by atomic mass is 35.5. The van der Waals surface area contributed by atoms with E-state index in [4.69, 9.17) is 23.2 Å². The van der Waals surface area contributed by atoms with Gasteiger partial charge < -0.3 is 10.2 Å². The van der Waals surface area contributed by atoms with Crippen LogP contribution in [0.25, 0.3) is 0 Å². The van der Waals surface area contributed by atoms with E-state index in [9.17, 15) is 9.59 Å². The molecular formula is C17H14Cl2N2O2. The van der Waals surface area contributed by atoms with Crippen LogP contribution in [0.4, 0.5) is 0 Å². The van der Waals surface area contributed by atoms with Crippen molar-refractivity contribution in [3.05, 3.63) is 69.7 Å². The Balaban J connectivity index is 1.96. The Morgan fingerprint density at radius 3 is 2.52 bits per heavy atom. The number of hydrogen-bond acceptors (Lipinski definition) is 2. The first-order valence-corrected chi connectivity index (χ1v) is 7.91. The van der Waals surface area contributed by atoms with E-state index in [1.165, 1.54) is 0 Å². The molecule has 0 radical (unpaired) electrons. The molecule has 6 heteroatoms. The van der Waals surface area contributed by atoms with Crippen molar-refractivity contribution in [2.45, 2.75) is 6.04 Å². The third-order valence-electron chi connectivity index (χ3n) is 3.73. The molecule has 1 aliphatic heterocycles. The zero-order valence-corrected chi connectivity index (χ0v) is 13.6. The number of carbonyl (C=O) groups excluding carboxylic acids is 2. The summed E-state index contributed by atoms with van der Waals surface area (Å²) in [6, 6.07) is 13.0. The van der Waals surface area contributed by atoms with Gasteiger partial charge in [-0.1, -0.05) is 41.4 Å². The second kappa shape index (κ2) is 6.60. The predicted molar refractivity (Wildman–Crippen MR) is 89.7 cm³/mol. The molecule has 4 nitrogen and oxygen atoms in total. The van der Waals surface area contributed by atoms with Gasteiger partial charge >= 0.3 is 0 Å². The van der Waals surface area contributed by atoms with Crippen molar-refractivity contribution in [2.24, 2.45) is 0 Å². The number of amides is 2. The number of hydrogen-bond donors (Lipinski definition) is 1. The molecule has 0 saturated carbocycles. The minimum atomic E-state index is -0.674. The lowest BCUT2D eigenvalue weighted by Crippen LogP contribution is -2.52. The molecule has 118 valence electrons. The first-order chi connectivity index (χ1) is 11.1. The van der Waals surface area contributed by atoms with Crippen molar-refractivity contribution in [3.8, 4) is 0 Å². The molecule has 0 spiro atoms. The summed E-state index contributed by atoms with van der Waals surface area (Å²) < 4.78 is 0.